The lowest BCUT2D eigenvalue weighted by Gasteiger charge is -2.27. The van der Waals surface area contributed by atoms with Crippen LogP contribution in [-0.2, 0) is 10.2 Å². The minimum Gasteiger partial charge on any atom is -0.311 e. The smallest absolute Gasteiger partial charge is 0.302 e. The third-order valence-corrected chi connectivity index (χ3v) is 3.88. The Hall–Kier alpha value is -0.160. The van der Waals surface area contributed by atoms with Crippen molar-refractivity contribution in [1.82, 2.24) is 5.32 Å². The molecule has 0 radical (unpaired) electrons. The minimum absolute atomic E-state index is 0.0359. The second-order valence-electron chi connectivity index (χ2n) is 4.18. The molecule has 0 saturated carbocycles. The fourth-order valence-electron chi connectivity index (χ4n) is 2.59. The summed E-state index contributed by atoms with van der Waals surface area (Å²) in [6.45, 7) is 0. The van der Waals surface area contributed by atoms with E-state index in [4.69, 9.17) is 0 Å². The molecule has 2 atom stereocenters. The topological polar surface area (TPSA) is 46.2 Å². The van der Waals surface area contributed by atoms with Gasteiger partial charge in [0, 0.05) is 12.1 Å². The number of hydrogen-bond donors (Lipinski definition) is 1. The molecule has 1 N–H and O–H groups in total. The summed E-state index contributed by atoms with van der Waals surface area (Å²) in [5, 5.41) is 3.39. The van der Waals surface area contributed by atoms with Gasteiger partial charge in [-0.25, -0.2) is 0 Å². The van der Waals surface area contributed by atoms with Gasteiger partial charge in [0.15, 0.2) is 0 Å². The monoisotopic (exact) mass is 207 g/mol. The molecular weight excluding hydrogens is 193 g/mol. The lowest BCUT2D eigenvalue weighted by Crippen LogP contribution is -2.39. The van der Waals surface area contributed by atoms with E-state index in [1.165, 1.54) is 0 Å². The molecule has 0 aliphatic carbocycles. The van der Waals surface area contributed by atoms with Gasteiger partial charge in [-0.2, -0.15) is 8.42 Å². The molecule has 2 bridgehead atoms. The van der Waals surface area contributed by atoms with E-state index in [-0.39, 0.29) is 11.7 Å². The van der Waals surface area contributed by atoms with Crippen LogP contribution in [0.4, 0.5) is 3.89 Å². The Morgan fingerprint density at radius 1 is 1.23 bits per heavy atom. The van der Waals surface area contributed by atoms with Crippen molar-refractivity contribution >= 4 is 10.2 Å². The molecule has 2 unspecified atom stereocenters. The van der Waals surface area contributed by atoms with Gasteiger partial charge in [0.25, 0.3) is 0 Å². The molecule has 0 spiro atoms. The van der Waals surface area contributed by atoms with E-state index in [0.717, 1.165) is 25.7 Å². The van der Waals surface area contributed by atoms with Crippen LogP contribution < -0.4 is 5.32 Å². The molecule has 0 aromatic rings. The summed E-state index contributed by atoms with van der Waals surface area (Å²) < 4.78 is 33.3. The maximum absolute atomic E-state index is 12.4. The van der Waals surface area contributed by atoms with Gasteiger partial charge in [-0.15, -0.1) is 3.89 Å². The predicted molar refractivity (Wildman–Crippen MR) is 47.6 cm³/mol. The van der Waals surface area contributed by atoms with Crippen LogP contribution in [0.5, 0.6) is 0 Å². The molecule has 2 aliphatic heterocycles. The Bertz CT molecular complexity index is 279. The van der Waals surface area contributed by atoms with Crippen LogP contribution in [0.25, 0.3) is 0 Å². The lowest BCUT2D eigenvalue weighted by atomic mass is 9.94. The van der Waals surface area contributed by atoms with Gasteiger partial charge in [0.05, 0.1) is 5.75 Å². The van der Waals surface area contributed by atoms with Crippen molar-refractivity contribution in [2.24, 2.45) is 5.92 Å². The van der Waals surface area contributed by atoms with Crippen LogP contribution >= 0.6 is 0 Å². The standard InChI is InChI=1S/C8H14FNO2S/c9-13(11,12)5-6-3-7-1-2-8(4-6)10-7/h6-8,10H,1-5H2. The van der Waals surface area contributed by atoms with E-state index in [9.17, 15) is 12.3 Å². The van der Waals surface area contributed by atoms with Gasteiger partial charge in [-0.1, -0.05) is 0 Å². The summed E-state index contributed by atoms with van der Waals surface area (Å²) in [5.74, 6) is -0.240. The molecule has 2 heterocycles. The second-order valence-corrected chi connectivity index (χ2v) is 5.59. The van der Waals surface area contributed by atoms with Crippen LogP contribution in [0.1, 0.15) is 25.7 Å². The third-order valence-electron chi connectivity index (χ3n) is 3.01. The van der Waals surface area contributed by atoms with Gasteiger partial charge in [-0.05, 0) is 31.6 Å². The predicted octanol–water partition coefficient (Wildman–Crippen LogP) is 0.816. The largest absolute Gasteiger partial charge is 0.311 e. The van der Waals surface area contributed by atoms with E-state index in [2.05, 4.69) is 5.32 Å². The Kier molecular flexibility index (Phi) is 2.32. The van der Waals surface area contributed by atoms with Crippen molar-refractivity contribution in [3.05, 3.63) is 0 Å². The zero-order valence-electron chi connectivity index (χ0n) is 7.37. The average molecular weight is 207 g/mol. The first-order chi connectivity index (χ1) is 6.03. The maximum Gasteiger partial charge on any atom is 0.302 e. The number of rotatable bonds is 2. The number of halogens is 1. The molecule has 5 heteroatoms. The van der Waals surface area contributed by atoms with Crippen molar-refractivity contribution in [2.75, 3.05) is 5.75 Å². The molecule has 0 aromatic carbocycles. The first-order valence-corrected chi connectivity index (χ1v) is 6.26. The molecule has 13 heavy (non-hydrogen) atoms. The highest BCUT2D eigenvalue weighted by Crippen LogP contribution is 2.31. The maximum atomic E-state index is 12.4. The van der Waals surface area contributed by atoms with E-state index in [0.29, 0.717) is 12.1 Å². The van der Waals surface area contributed by atoms with Crippen molar-refractivity contribution < 1.29 is 12.3 Å². The van der Waals surface area contributed by atoms with Crippen molar-refractivity contribution in [2.45, 2.75) is 37.8 Å². The fourth-order valence-corrected chi connectivity index (χ4v) is 3.43. The molecule has 2 fully saturated rings. The van der Waals surface area contributed by atoms with Gasteiger partial charge in [-0.3, -0.25) is 0 Å². The number of piperidine rings is 1. The molecular formula is C8H14FNO2S. The summed E-state index contributed by atoms with van der Waals surface area (Å²) >= 11 is 0. The number of hydrogen-bond acceptors (Lipinski definition) is 3. The van der Waals surface area contributed by atoms with Gasteiger partial charge in [0.2, 0.25) is 0 Å². The zero-order chi connectivity index (χ0) is 9.47. The first-order valence-electron chi connectivity index (χ1n) is 4.71. The summed E-state index contributed by atoms with van der Waals surface area (Å²) in [4.78, 5) is 0. The molecule has 76 valence electrons. The van der Waals surface area contributed by atoms with Crippen LogP contribution in [0.3, 0.4) is 0 Å². The van der Waals surface area contributed by atoms with Crippen molar-refractivity contribution in [1.29, 1.82) is 0 Å². The average Bonchev–Trinajstić information content (AvgIpc) is 2.27. The van der Waals surface area contributed by atoms with Crippen LogP contribution in [0.15, 0.2) is 0 Å². The van der Waals surface area contributed by atoms with Gasteiger partial charge >= 0.3 is 10.2 Å². The van der Waals surface area contributed by atoms with Gasteiger partial charge < -0.3 is 5.32 Å². The Balaban J connectivity index is 1.96. The minimum atomic E-state index is -4.27. The molecule has 2 aliphatic rings. The fraction of sp³-hybridized carbons (Fsp3) is 1.00. The molecule has 0 aromatic heterocycles. The molecule has 2 rings (SSSR count). The van der Waals surface area contributed by atoms with Crippen LogP contribution in [0, 0.1) is 5.92 Å². The Morgan fingerprint density at radius 3 is 2.23 bits per heavy atom. The normalized spacial score (nSPS) is 39.3. The van der Waals surface area contributed by atoms with E-state index in [1.807, 2.05) is 0 Å². The highest BCUT2D eigenvalue weighted by Gasteiger charge is 2.35. The Labute approximate surface area is 77.9 Å². The van der Waals surface area contributed by atoms with E-state index >= 15 is 0 Å². The highest BCUT2D eigenvalue weighted by molar-refractivity contribution is 7.86. The SMILES string of the molecule is O=S(=O)(F)CC1CC2CCC(C1)N2. The zero-order valence-corrected chi connectivity index (χ0v) is 8.19. The number of fused-ring (bicyclic) bond motifs is 2. The summed E-state index contributed by atoms with van der Waals surface area (Å²) in [6, 6.07) is 0.871. The first kappa shape index (κ1) is 9.40. The van der Waals surface area contributed by atoms with E-state index in [1.54, 1.807) is 0 Å². The molecule has 3 nitrogen and oxygen atoms in total. The van der Waals surface area contributed by atoms with Crippen molar-refractivity contribution in [3.63, 3.8) is 0 Å². The Morgan fingerprint density at radius 2 is 1.77 bits per heavy atom. The summed E-state index contributed by atoms with van der Waals surface area (Å²) in [7, 11) is -4.27. The lowest BCUT2D eigenvalue weighted by molar-refractivity contribution is 0.318. The van der Waals surface area contributed by atoms with Gasteiger partial charge in [0.1, 0.15) is 0 Å². The molecule has 0 amide bonds. The van der Waals surface area contributed by atoms with Crippen LogP contribution in [-0.4, -0.2) is 26.3 Å². The van der Waals surface area contributed by atoms with Crippen molar-refractivity contribution in [3.8, 4) is 0 Å². The summed E-state index contributed by atoms with van der Waals surface area (Å²) in [6.07, 6.45) is 3.88. The van der Waals surface area contributed by atoms with E-state index < -0.39 is 10.2 Å². The number of nitrogens with one attached hydrogen (secondary N) is 1. The highest BCUT2D eigenvalue weighted by atomic mass is 32.3. The quantitative estimate of drug-likeness (QED) is 0.682. The third kappa shape index (κ3) is 2.40. The summed E-state index contributed by atoms with van der Waals surface area (Å²) in [5.41, 5.74) is 0. The van der Waals surface area contributed by atoms with Crippen LogP contribution in [0.2, 0.25) is 0 Å². The second kappa shape index (κ2) is 3.20. The molecule has 2 saturated heterocycles.